The van der Waals surface area contributed by atoms with Crippen LogP contribution >= 0.6 is 0 Å². The number of rotatable bonds is 0. The van der Waals surface area contributed by atoms with Crippen LogP contribution in [-0.4, -0.2) is 6.04 Å². The van der Waals surface area contributed by atoms with Gasteiger partial charge in [0, 0.05) is 6.04 Å². The van der Waals surface area contributed by atoms with Gasteiger partial charge in [-0.2, -0.15) is 0 Å². The summed E-state index contributed by atoms with van der Waals surface area (Å²) in [6, 6.07) is 0.593. The molecule has 4 saturated carbocycles. The zero-order valence-corrected chi connectivity index (χ0v) is 7.05. The van der Waals surface area contributed by atoms with Crippen molar-refractivity contribution in [2.75, 3.05) is 0 Å². The molecule has 2 N–H and O–H groups in total. The lowest BCUT2D eigenvalue weighted by Gasteiger charge is -2.43. The van der Waals surface area contributed by atoms with Crippen molar-refractivity contribution < 1.29 is 0 Å². The highest BCUT2D eigenvalue weighted by Gasteiger charge is 2.60. The Morgan fingerprint density at radius 2 is 1.64 bits per heavy atom. The summed E-state index contributed by atoms with van der Waals surface area (Å²) in [7, 11) is 0. The summed E-state index contributed by atoms with van der Waals surface area (Å²) in [6.45, 7) is 0. The Bertz CT molecular complexity index is 181. The lowest BCUT2D eigenvalue weighted by Crippen LogP contribution is -2.36. The fourth-order valence-electron chi connectivity index (χ4n) is 3.70. The molecular formula is C10H17N. The molecule has 0 saturated heterocycles. The van der Waals surface area contributed by atoms with Crippen molar-refractivity contribution in [2.45, 2.75) is 44.6 Å². The summed E-state index contributed by atoms with van der Waals surface area (Å²) in [4.78, 5) is 0. The van der Waals surface area contributed by atoms with Crippen molar-refractivity contribution in [3.8, 4) is 0 Å². The third-order valence-corrected chi connectivity index (χ3v) is 4.51. The van der Waals surface area contributed by atoms with Gasteiger partial charge in [-0.15, -0.1) is 0 Å². The Kier molecular flexibility index (Phi) is 1.07. The predicted octanol–water partition coefficient (Wildman–Crippen LogP) is 1.91. The second-order valence-electron chi connectivity index (χ2n) is 4.97. The minimum atomic E-state index is 0.593. The molecule has 1 heteroatoms. The molecule has 11 heavy (non-hydrogen) atoms. The van der Waals surface area contributed by atoms with Gasteiger partial charge in [-0.25, -0.2) is 0 Å². The van der Waals surface area contributed by atoms with Gasteiger partial charge in [0.1, 0.15) is 0 Å². The molecule has 0 aromatic heterocycles. The maximum absolute atomic E-state index is 6.02. The van der Waals surface area contributed by atoms with Crippen molar-refractivity contribution in [1.29, 1.82) is 0 Å². The molecule has 0 aromatic carbocycles. The van der Waals surface area contributed by atoms with Crippen LogP contribution in [0.15, 0.2) is 0 Å². The zero-order valence-electron chi connectivity index (χ0n) is 7.05. The van der Waals surface area contributed by atoms with Crippen molar-refractivity contribution in [3.05, 3.63) is 0 Å². The Labute approximate surface area is 68.3 Å². The summed E-state index contributed by atoms with van der Waals surface area (Å²) in [5.41, 5.74) is 6.70. The minimum Gasteiger partial charge on any atom is -0.327 e. The van der Waals surface area contributed by atoms with Crippen molar-refractivity contribution >= 4 is 0 Å². The number of hydrogen-bond donors (Lipinski definition) is 1. The van der Waals surface area contributed by atoms with E-state index in [4.69, 9.17) is 5.73 Å². The molecule has 1 nitrogen and oxygen atoms in total. The third kappa shape index (κ3) is 0.703. The van der Waals surface area contributed by atoms with E-state index in [0.29, 0.717) is 11.5 Å². The molecule has 4 aliphatic carbocycles. The van der Waals surface area contributed by atoms with Gasteiger partial charge in [-0.3, -0.25) is 0 Å². The van der Waals surface area contributed by atoms with Gasteiger partial charge < -0.3 is 5.73 Å². The molecule has 2 bridgehead atoms. The molecule has 2 unspecified atom stereocenters. The van der Waals surface area contributed by atoms with Gasteiger partial charge in [0.2, 0.25) is 0 Å². The standard InChI is InChI=1S/C10H17N/c11-9-6-10(9)5-7-1-3-8(10)4-2-7/h7-9H,1-6,11H2. The summed E-state index contributed by atoms with van der Waals surface area (Å²) in [5, 5.41) is 0. The molecule has 4 fully saturated rings. The average molecular weight is 151 g/mol. The van der Waals surface area contributed by atoms with Crippen LogP contribution in [0.1, 0.15) is 38.5 Å². The molecule has 0 aliphatic heterocycles. The molecule has 4 rings (SSSR count). The Hall–Kier alpha value is -0.0400. The second-order valence-corrected chi connectivity index (χ2v) is 4.97. The van der Waals surface area contributed by atoms with E-state index < -0.39 is 0 Å². The van der Waals surface area contributed by atoms with Crippen LogP contribution in [0.4, 0.5) is 0 Å². The Morgan fingerprint density at radius 1 is 1.00 bits per heavy atom. The van der Waals surface area contributed by atoms with Crippen molar-refractivity contribution in [1.82, 2.24) is 0 Å². The molecule has 2 atom stereocenters. The predicted molar refractivity (Wildman–Crippen MR) is 45.1 cm³/mol. The summed E-state index contributed by atoms with van der Waals surface area (Å²) in [6.07, 6.45) is 8.86. The topological polar surface area (TPSA) is 26.0 Å². The minimum absolute atomic E-state index is 0.593. The van der Waals surface area contributed by atoms with Crippen LogP contribution < -0.4 is 5.73 Å². The molecular weight excluding hydrogens is 134 g/mol. The first-order valence-corrected chi connectivity index (χ1v) is 5.07. The first kappa shape index (κ1) is 6.47. The van der Waals surface area contributed by atoms with Crippen LogP contribution in [0.25, 0.3) is 0 Å². The lowest BCUT2D eigenvalue weighted by molar-refractivity contribution is 0.0766. The van der Waals surface area contributed by atoms with Crippen LogP contribution in [-0.2, 0) is 0 Å². The van der Waals surface area contributed by atoms with Crippen LogP contribution in [0.5, 0.6) is 0 Å². The summed E-state index contributed by atoms with van der Waals surface area (Å²) >= 11 is 0. The molecule has 1 spiro atoms. The van der Waals surface area contributed by atoms with Crippen LogP contribution in [0.2, 0.25) is 0 Å². The second kappa shape index (κ2) is 1.82. The lowest BCUT2D eigenvalue weighted by atomic mass is 9.62. The van der Waals surface area contributed by atoms with E-state index in [1.54, 1.807) is 0 Å². The van der Waals surface area contributed by atoms with Crippen LogP contribution in [0, 0.1) is 17.3 Å². The summed E-state index contributed by atoms with van der Waals surface area (Å²) in [5.74, 6) is 2.09. The van der Waals surface area contributed by atoms with E-state index in [2.05, 4.69) is 0 Å². The van der Waals surface area contributed by atoms with Gasteiger partial charge in [0.25, 0.3) is 0 Å². The van der Waals surface area contributed by atoms with E-state index in [9.17, 15) is 0 Å². The largest absolute Gasteiger partial charge is 0.327 e. The Morgan fingerprint density at radius 3 is 1.91 bits per heavy atom. The fraction of sp³-hybridized carbons (Fsp3) is 1.00. The maximum Gasteiger partial charge on any atom is 0.0105 e. The smallest absolute Gasteiger partial charge is 0.0105 e. The molecule has 0 heterocycles. The Balaban J connectivity index is 1.88. The zero-order chi connectivity index (χ0) is 7.47. The molecule has 4 aliphatic rings. The van der Waals surface area contributed by atoms with E-state index in [-0.39, 0.29) is 0 Å². The highest BCUT2D eigenvalue weighted by molar-refractivity contribution is 5.13. The van der Waals surface area contributed by atoms with E-state index >= 15 is 0 Å². The maximum atomic E-state index is 6.02. The first-order chi connectivity index (χ1) is 5.31. The van der Waals surface area contributed by atoms with Gasteiger partial charge in [0.15, 0.2) is 0 Å². The van der Waals surface area contributed by atoms with Gasteiger partial charge in [-0.05, 0) is 42.9 Å². The number of hydrogen-bond acceptors (Lipinski definition) is 1. The molecule has 0 amide bonds. The molecule has 0 radical (unpaired) electrons. The van der Waals surface area contributed by atoms with Crippen molar-refractivity contribution in [2.24, 2.45) is 23.0 Å². The van der Waals surface area contributed by atoms with Gasteiger partial charge >= 0.3 is 0 Å². The average Bonchev–Trinajstić information content (AvgIpc) is 2.63. The quantitative estimate of drug-likeness (QED) is 0.562. The normalized spacial score (nSPS) is 60.3. The van der Waals surface area contributed by atoms with Crippen molar-refractivity contribution in [3.63, 3.8) is 0 Å². The first-order valence-electron chi connectivity index (χ1n) is 5.07. The monoisotopic (exact) mass is 151 g/mol. The summed E-state index contributed by atoms with van der Waals surface area (Å²) < 4.78 is 0. The van der Waals surface area contributed by atoms with E-state index in [0.717, 1.165) is 11.8 Å². The third-order valence-electron chi connectivity index (χ3n) is 4.51. The van der Waals surface area contributed by atoms with Crippen LogP contribution in [0.3, 0.4) is 0 Å². The SMILES string of the molecule is NC1CC12CC1CCC2CC1. The highest BCUT2D eigenvalue weighted by Crippen LogP contribution is 2.64. The molecule has 0 aromatic rings. The van der Waals surface area contributed by atoms with E-state index in [1.165, 1.54) is 38.5 Å². The van der Waals surface area contributed by atoms with Gasteiger partial charge in [0.05, 0.1) is 0 Å². The highest BCUT2D eigenvalue weighted by atomic mass is 14.8. The number of fused-ring (bicyclic) bond motifs is 2. The fourth-order valence-corrected chi connectivity index (χ4v) is 3.70. The number of nitrogens with two attached hydrogens (primary N) is 1. The van der Waals surface area contributed by atoms with E-state index in [1.807, 2.05) is 0 Å². The molecule has 62 valence electrons. The van der Waals surface area contributed by atoms with Gasteiger partial charge in [-0.1, -0.05) is 12.8 Å².